The van der Waals surface area contributed by atoms with E-state index >= 15 is 0 Å². The number of rotatable bonds is 2. The summed E-state index contributed by atoms with van der Waals surface area (Å²) in [4.78, 5) is 23.5. The average molecular weight is 360 g/mol. The Hall–Kier alpha value is -2.64. The summed E-state index contributed by atoms with van der Waals surface area (Å²) in [5.41, 5.74) is 1.36. The smallest absolute Gasteiger partial charge is 0.320 e. The number of nitrogens with zero attached hydrogens (tertiary/aromatic N) is 1. The lowest BCUT2D eigenvalue weighted by atomic mass is 10.0. The van der Waals surface area contributed by atoms with Gasteiger partial charge in [0.1, 0.15) is 0 Å². The van der Waals surface area contributed by atoms with Crippen molar-refractivity contribution in [2.24, 2.45) is 0 Å². The van der Waals surface area contributed by atoms with Crippen LogP contribution < -0.4 is 10.6 Å². The molecule has 0 saturated heterocycles. The molecule has 2 amide bonds. The molecule has 8 heteroatoms. The predicted octanol–water partition coefficient (Wildman–Crippen LogP) is 4.69. The Morgan fingerprint density at radius 2 is 2.04 bits per heavy atom. The van der Waals surface area contributed by atoms with Crippen LogP contribution in [0.25, 0.3) is 10.1 Å². The molecular weight excluding hydrogens is 350 g/mol. The fourth-order valence-electron chi connectivity index (χ4n) is 2.82. The van der Waals surface area contributed by atoms with E-state index in [0.29, 0.717) is 16.3 Å². The Morgan fingerprint density at radius 3 is 2.83 bits per heavy atom. The SMILES string of the molecule is O=C1Nc2c(sc3ccc(Cl)cc23)C(c2cccc([N+](=O)[O-])c2)N1. The van der Waals surface area contributed by atoms with Crippen LogP contribution >= 0.6 is 22.9 Å². The first-order valence-corrected chi connectivity index (χ1v) is 8.26. The van der Waals surface area contributed by atoms with E-state index in [4.69, 9.17) is 11.6 Å². The quantitative estimate of drug-likeness (QED) is 0.514. The molecule has 120 valence electrons. The number of hydrogen-bond donors (Lipinski definition) is 2. The lowest BCUT2D eigenvalue weighted by molar-refractivity contribution is -0.384. The van der Waals surface area contributed by atoms with Crippen LogP contribution in [0.3, 0.4) is 0 Å². The first-order chi connectivity index (χ1) is 11.5. The minimum atomic E-state index is -0.446. The maximum absolute atomic E-state index is 12.1. The predicted molar refractivity (Wildman–Crippen MR) is 93.9 cm³/mol. The van der Waals surface area contributed by atoms with Crippen molar-refractivity contribution in [2.75, 3.05) is 5.32 Å². The first kappa shape index (κ1) is 14.9. The lowest BCUT2D eigenvalue weighted by Gasteiger charge is -2.25. The van der Waals surface area contributed by atoms with Gasteiger partial charge in [-0.1, -0.05) is 23.7 Å². The second kappa shape index (κ2) is 5.47. The van der Waals surface area contributed by atoms with Gasteiger partial charge in [0, 0.05) is 27.2 Å². The van der Waals surface area contributed by atoms with Crippen LogP contribution in [0.2, 0.25) is 5.02 Å². The molecule has 0 spiro atoms. The highest BCUT2D eigenvalue weighted by atomic mass is 35.5. The highest BCUT2D eigenvalue weighted by Gasteiger charge is 2.30. The van der Waals surface area contributed by atoms with Gasteiger partial charge < -0.3 is 10.6 Å². The van der Waals surface area contributed by atoms with Crippen molar-refractivity contribution in [2.45, 2.75) is 6.04 Å². The van der Waals surface area contributed by atoms with Crippen LogP contribution in [0, 0.1) is 10.1 Å². The number of nitro benzene ring substituents is 1. The molecule has 6 nitrogen and oxygen atoms in total. The molecule has 0 fully saturated rings. The van der Waals surface area contributed by atoms with Gasteiger partial charge in [0.25, 0.3) is 5.69 Å². The van der Waals surface area contributed by atoms with Gasteiger partial charge in [-0.3, -0.25) is 10.1 Å². The summed E-state index contributed by atoms with van der Waals surface area (Å²) in [6.45, 7) is 0. The molecule has 0 aliphatic carbocycles. The van der Waals surface area contributed by atoms with Crippen molar-refractivity contribution < 1.29 is 9.72 Å². The molecule has 0 saturated carbocycles. The molecule has 0 radical (unpaired) electrons. The van der Waals surface area contributed by atoms with Crippen LogP contribution in [-0.2, 0) is 0 Å². The van der Waals surface area contributed by atoms with E-state index in [9.17, 15) is 14.9 Å². The molecule has 1 atom stereocenters. The van der Waals surface area contributed by atoms with E-state index < -0.39 is 11.0 Å². The molecule has 2 heterocycles. The zero-order valence-corrected chi connectivity index (χ0v) is 13.6. The van der Waals surface area contributed by atoms with E-state index in [1.165, 1.54) is 23.5 Å². The van der Waals surface area contributed by atoms with E-state index in [1.54, 1.807) is 18.2 Å². The third-order valence-corrected chi connectivity index (χ3v) is 5.34. The van der Waals surface area contributed by atoms with Crippen molar-refractivity contribution in [3.8, 4) is 0 Å². The largest absolute Gasteiger partial charge is 0.326 e. The number of nitro groups is 1. The van der Waals surface area contributed by atoms with E-state index in [0.717, 1.165) is 15.0 Å². The van der Waals surface area contributed by atoms with Gasteiger partial charge in [-0.25, -0.2) is 4.79 Å². The normalized spacial score (nSPS) is 16.4. The van der Waals surface area contributed by atoms with E-state index in [-0.39, 0.29) is 11.7 Å². The monoisotopic (exact) mass is 359 g/mol. The number of thiophene rings is 1. The van der Waals surface area contributed by atoms with Crippen LogP contribution in [0.4, 0.5) is 16.2 Å². The van der Waals surface area contributed by atoms with E-state index in [2.05, 4.69) is 10.6 Å². The average Bonchev–Trinajstić information content (AvgIpc) is 2.92. The topological polar surface area (TPSA) is 84.3 Å². The summed E-state index contributed by atoms with van der Waals surface area (Å²) in [5, 5.41) is 18.1. The molecule has 1 aliphatic rings. The second-order valence-corrected chi connectivity index (χ2v) is 6.89. The van der Waals surface area contributed by atoms with Crippen LogP contribution in [-0.4, -0.2) is 11.0 Å². The highest BCUT2D eigenvalue weighted by molar-refractivity contribution is 7.20. The molecule has 1 aliphatic heterocycles. The zero-order chi connectivity index (χ0) is 16.8. The molecule has 2 N–H and O–H groups in total. The fourth-order valence-corrected chi connectivity index (χ4v) is 4.21. The minimum Gasteiger partial charge on any atom is -0.326 e. The standard InChI is InChI=1S/C16H10ClN3O3S/c17-9-4-5-12-11(7-9)14-15(24-12)13(18-16(21)19-14)8-2-1-3-10(6-8)20(22)23/h1-7,13H,(H2,18,19,21). The van der Waals surface area contributed by atoms with Crippen molar-refractivity contribution in [3.05, 3.63) is 68.0 Å². The number of benzene rings is 2. The molecule has 24 heavy (non-hydrogen) atoms. The minimum absolute atomic E-state index is 0.00835. The summed E-state index contributed by atoms with van der Waals surface area (Å²) >= 11 is 7.59. The third kappa shape index (κ3) is 2.38. The lowest BCUT2D eigenvalue weighted by Crippen LogP contribution is -2.37. The number of halogens is 1. The van der Waals surface area contributed by atoms with Gasteiger partial charge >= 0.3 is 6.03 Å². The molecule has 2 aromatic carbocycles. The molecule has 3 aromatic rings. The number of fused-ring (bicyclic) bond motifs is 3. The summed E-state index contributed by atoms with van der Waals surface area (Å²) in [6.07, 6.45) is 0. The number of carbonyl (C=O) groups excluding carboxylic acids is 1. The number of nitrogens with one attached hydrogen (secondary N) is 2. The van der Waals surface area contributed by atoms with Gasteiger partial charge in [0.15, 0.2) is 0 Å². The van der Waals surface area contributed by atoms with Crippen molar-refractivity contribution in [1.29, 1.82) is 0 Å². The Balaban J connectivity index is 1.90. The molecule has 1 aromatic heterocycles. The molecule has 0 bridgehead atoms. The van der Waals surface area contributed by atoms with Gasteiger partial charge in [0.05, 0.1) is 21.5 Å². The number of hydrogen-bond acceptors (Lipinski definition) is 4. The fraction of sp³-hybridized carbons (Fsp3) is 0.0625. The van der Waals surface area contributed by atoms with Crippen LogP contribution in [0.1, 0.15) is 16.5 Å². The third-order valence-electron chi connectivity index (χ3n) is 3.87. The summed E-state index contributed by atoms with van der Waals surface area (Å²) in [5.74, 6) is 0. The Bertz CT molecular complexity index is 1000. The summed E-state index contributed by atoms with van der Waals surface area (Å²) in [7, 11) is 0. The Kier molecular flexibility index (Phi) is 3.40. The maximum Gasteiger partial charge on any atom is 0.320 e. The van der Waals surface area contributed by atoms with Crippen LogP contribution in [0.15, 0.2) is 42.5 Å². The maximum atomic E-state index is 12.1. The molecular formula is C16H10ClN3O3S. The number of anilines is 1. The zero-order valence-electron chi connectivity index (χ0n) is 12.1. The first-order valence-electron chi connectivity index (χ1n) is 7.07. The van der Waals surface area contributed by atoms with Gasteiger partial charge in [-0.05, 0) is 23.8 Å². The number of urea groups is 1. The Labute approximate surface area is 145 Å². The number of non-ortho nitro benzene ring substituents is 1. The van der Waals surface area contributed by atoms with Crippen molar-refractivity contribution in [3.63, 3.8) is 0 Å². The van der Waals surface area contributed by atoms with Gasteiger partial charge in [-0.2, -0.15) is 0 Å². The van der Waals surface area contributed by atoms with Crippen molar-refractivity contribution >= 4 is 50.4 Å². The van der Waals surface area contributed by atoms with Gasteiger partial charge in [-0.15, -0.1) is 11.3 Å². The number of carbonyl (C=O) groups is 1. The van der Waals surface area contributed by atoms with Crippen molar-refractivity contribution in [1.82, 2.24) is 5.32 Å². The molecule has 1 unspecified atom stereocenters. The summed E-state index contributed by atoms with van der Waals surface area (Å²) < 4.78 is 0.990. The van der Waals surface area contributed by atoms with E-state index in [1.807, 2.05) is 12.1 Å². The van der Waals surface area contributed by atoms with Crippen LogP contribution in [0.5, 0.6) is 0 Å². The molecule has 4 rings (SSSR count). The number of amides is 2. The second-order valence-electron chi connectivity index (χ2n) is 5.37. The highest BCUT2D eigenvalue weighted by Crippen LogP contribution is 2.44. The summed E-state index contributed by atoms with van der Waals surface area (Å²) in [6, 6.07) is 11.0. The van der Waals surface area contributed by atoms with Gasteiger partial charge in [0.2, 0.25) is 0 Å². The Morgan fingerprint density at radius 1 is 1.21 bits per heavy atom.